The molecule has 134 valence electrons. The van der Waals surface area contributed by atoms with Gasteiger partial charge in [-0.15, -0.1) is 0 Å². The molecule has 7 nitrogen and oxygen atoms in total. The van der Waals surface area contributed by atoms with Crippen molar-refractivity contribution in [2.45, 2.75) is 32.6 Å². The van der Waals surface area contributed by atoms with E-state index in [2.05, 4.69) is 10.4 Å². The van der Waals surface area contributed by atoms with Crippen molar-refractivity contribution in [3.63, 3.8) is 0 Å². The number of carboxylic acids is 1. The fraction of sp³-hybridized carbons (Fsp3) is 0.389. The number of ether oxygens (including phenoxy) is 1. The third-order valence-electron chi connectivity index (χ3n) is 3.56. The second-order valence-electron chi connectivity index (χ2n) is 6.08. The van der Waals surface area contributed by atoms with E-state index >= 15 is 0 Å². The van der Waals surface area contributed by atoms with Gasteiger partial charge in [0.25, 0.3) is 5.91 Å². The van der Waals surface area contributed by atoms with Gasteiger partial charge in [0.05, 0.1) is 17.9 Å². The number of anilines is 1. The number of nitrogens with zero attached hydrogens (tertiary/aromatic N) is 2. The molecule has 0 atom stereocenters. The van der Waals surface area contributed by atoms with Gasteiger partial charge in [-0.25, -0.2) is 0 Å². The Morgan fingerprint density at radius 2 is 1.96 bits per heavy atom. The zero-order valence-corrected chi connectivity index (χ0v) is 14.7. The first kappa shape index (κ1) is 18.5. The van der Waals surface area contributed by atoms with Gasteiger partial charge in [-0.05, 0) is 36.6 Å². The predicted molar refractivity (Wildman–Crippen MR) is 94.1 cm³/mol. The Morgan fingerprint density at radius 3 is 2.56 bits per heavy atom. The van der Waals surface area contributed by atoms with Crippen LogP contribution in [0.4, 0.5) is 5.69 Å². The number of nitrogens with one attached hydrogen (secondary N) is 1. The van der Waals surface area contributed by atoms with Crippen LogP contribution in [0.1, 0.15) is 48.7 Å². The molecule has 0 aliphatic rings. The Kier molecular flexibility index (Phi) is 6.16. The maximum Gasteiger partial charge on any atom is 0.303 e. The summed E-state index contributed by atoms with van der Waals surface area (Å²) in [7, 11) is 1.79. The summed E-state index contributed by atoms with van der Waals surface area (Å²) in [6, 6.07) is 6.97. The molecule has 0 aliphatic carbocycles. The van der Waals surface area contributed by atoms with E-state index in [1.54, 1.807) is 42.2 Å². The van der Waals surface area contributed by atoms with Crippen LogP contribution in [0, 0.1) is 0 Å². The van der Waals surface area contributed by atoms with Crippen molar-refractivity contribution in [2.75, 3.05) is 11.9 Å². The van der Waals surface area contributed by atoms with Gasteiger partial charge in [0.1, 0.15) is 5.75 Å². The Morgan fingerprint density at radius 1 is 1.28 bits per heavy atom. The molecular formula is C18H23N3O4. The SMILES string of the molecule is CC(C)c1nn(C)cc1C(=O)Nc1ccc(OCCCC(=O)O)cc1. The van der Waals surface area contributed by atoms with Gasteiger partial charge in [0.2, 0.25) is 0 Å². The van der Waals surface area contributed by atoms with Crippen LogP contribution in [0.3, 0.4) is 0 Å². The summed E-state index contributed by atoms with van der Waals surface area (Å²) in [5.41, 5.74) is 1.98. The smallest absolute Gasteiger partial charge is 0.303 e. The van der Waals surface area contributed by atoms with Gasteiger partial charge in [-0.3, -0.25) is 14.3 Å². The van der Waals surface area contributed by atoms with Crippen molar-refractivity contribution in [2.24, 2.45) is 7.05 Å². The Hall–Kier alpha value is -2.83. The quantitative estimate of drug-likeness (QED) is 0.717. The topological polar surface area (TPSA) is 93.5 Å². The van der Waals surface area contributed by atoms with E-state index in [-0.39, 0.29) is 18.2 Å². The molecule has 2 aromatic rings. The molecule has 0 unspecified atom stereocenters. The van der Waals surface area contributed by atoms with Crippen LogP contribution in [-0.4, -0.2) is 33.4 Å². The van der Waals surface area contributed by atoms with Crippen molar-refractivity contribution in [3.8, 4) is 5.75 Å². The molecule has 2 N–H and O–H groups in total. The van der Waals surface area contributed by atoms with Crippen molar-refractivity contribution in [1.29, 1.82) is 0 Å². The average Bonchev–Trinajstić information content (AvgIpc) is 2.95. The maximum absolute atomic E-state index is 12.5. The predicted octanol–water partition coefficient (Wildman–Crippen LogP) is 3.04. The molecule has 0 radical (unpaired) electrons. The molecule has 1 amide bonds. The summed E-state index contributed by atoms with van der Waals surface area (Å²) in [4.78, 5) is 22.9. The highest BCUT2D eigenvalue weighted by Crippen LogP contribution is 2.20. The summed E-state index contributed by atoms with van der Waals surface area (Å²) >= 11 is 0. The molecule has 7 heteroatoms. The van der Waals surface area contributed by atoms with Crippen LogP contribution in [0.15, 0.2) is 30.5 Å². The molecular weight excluding hydrogens is 322 g/mol. The van der Waals surface area contributed by atoms with Gasteiger partial charge in [-0.1, -0.05) is 13.8 Å². The Balaban J connectivity index is 1.94. The summed E-state index contributed by atoms with van der Waals surface area (Å²) < 4.78 is 7.10. The van der Waals surface area contributed by atoms with Gasteiger partial charge in [0.15, 0.2) is 0 Å². The van der Waals surface area contributed by atoms with Crippen molar-refractivity contribution >= 4 is 17.6 Å². The molecule has 0 fully saturated rings. The highest BCUT2D eigenvalue weighted by Gasteiger charge is 2.18. The van der Waals surface area contributed by atoms with E-state index in [0.717, 1.165) is 5.69 Å². The summed E-state index contributed by atoms with van der Waals surface area (Å²) in [5, 5.41) is 15.8. The van der Waals surface area contributed by atoms with Gasteiger partial charge in [0, 0.05) is 25.4 Å². The third kappa shape index (κ3) is 5.34. The molecule has 2 rings (SSSR count). The van der Waals surface area contributed by atoms with Gasteiger partial charge < -0.3 is 15.2 Å². The maximum atomic E-state index is 12.5. The zero-order valence-electron chi connectivity index (χ0n) is 14.7. The molecule has 1 aromatic heterocycles. The second-order valence-corrected chi connectivity index (χ2v) is 6.08. The normalized spacial score (nSPS) is 10.7. The minimum atomic E-state index is -0.835. The first-order chi connectivity index (χ1) is 11.9. The first-order valence-electron chi connectivity index (χ1n) is 8.16. The Labute approximate surface area is 146 Å². The number of benzene rings is 1. The van der Waals surface area contributed by atoms with E-state index in [9.17, 15) is 9.59 Å². The van der Waals surface area contributed by atoms with Crippen LogP contribution >= 0.6 is 0 Å². The lowest BCUT2D eigenvalue weighted by Gasteiger charge is -2.09. The lowest BCUT2D eigenvalue weighted by atomic mass is 10.1. The molecule has 1 heterocycles. The standard InChI is InChI=1S/C18H23N3O4/c1-12(2)17-15(11-21(3)20-17)18(24)19-13-6-8-14(9-7-13)25-10-4-5-16(22)23/h6-9,11-12H,4-5,10H2,1-3H3,(H,19,24)(H,22,23). The van der Waals surface area contributed by atoms with E-state index in [4.69, 9.17) is 9.84 Å². The van der Waals surface area contributed by atoms with Crippen LogP contribution in [-0.2, 0) is 11.8 Å². The van der Waals surface area contributed by atoms with E-state index in [1.165, 1.54) is 0 Å². The van der Waals surface area contributed by atoms with Crippen LogP contribution in [0.25, 0.3) is 0 Å². The number of rotatable bonds is 8. The number of carbonyl (C=O) groups excluding carboxylic acids is 1. The van der Waals surface area contributed by atoms with Crippen molar-refractivity contribution in [1.82, 2.24) is 9.78 Å². The fourth-order valence-corrected chi connectivity index (χ4v) is 2.35. The van der Waals surface area contributed by atoms with E-state index in [1.807, 2.05) is 13.8 Å². The van der Waals surface area contributed by atoms with Crippen LogP contribution in [0.5, 0.6) is 5.75 Å². The highest BCUT2D eigenvalue weighted by atomic mass is 16.5. The molecule has 0 bridgehead atoms. The molecule has 25 heavy (non-hydrogen) atoms. The number of carbonyl (C=O) groups is 2. The third-order valence-corrected chi connectivity index (χ3v) is 3.56. The highest BCUT2D eigenvalue weighted by molar-refractivity contribution is 6.05. The van der Waals surface area contributed by atoms with E-state index < -0.39 is 5.97 Å². The minimum Gasteiger partial charge on any atom is -0.494 e. The van der Waals surface area contributed by atoms with Crippen LogP contribution in [0.2, 0.25) is 0 Å². The summed E-state index contributed by atoms with van der Waals surface area (Å²) in [6.07, 6.45) is 2.24. The van der Waals surface area contributed by atoms with Crippen molar-refractivity contribution in [3.05, 3.63) is 41.7 Å². The largest absolute Gasteiger partial charge is 0.494 e. The van der Waals surface area contributed by atoms with Gasteiger partial charge >= 0.3 is 5.97 Å². The number of aromatic nitrogens is 2. The number of hydrogen-bond donors (Lipinski definition) is 2. The zero-order chi connectivity index (χ0) is 18.4. The molecule has 0 spiro atoms. The lowest BCUT2D eigenvalue weighted by Crippen LogP contribution is -2.13. The summed E-state index contributed by atoms with van der Waals surface area (Å²) in [6.45, 7) is 4.33. The van der Waals surface area contributed by atoms with Gasteiger partial charge in [-0.2, -0.15) is 5.10 Å². The Bertz CT molecular complexity index is 735. The molecule has 0 saturated carbocycles. The number of aryl methyl sites for hydroxylation is 1. The van der Waals surface area contributed by atoms with Crippen LogP contribution < -0.4 is 10.1 Å². The number of carboxylic acid groups (broad SMARTS) is 1. The first-order valence-corrected chi connectivity index (χ1v) is 8.16. The number of aliphatic carboxylic acids is 1. The molecule has 0 aliphatic heterocycles. The average molecular weight is 345 g/mol. The number of amides is 1. The lowest BCUT2D eigenvalue weighted by molar-refractivity contribution is -0.137. The second kappa shape index (κ2) is 8.32. The van der Waals surface area contributed by atoms with E-state index in [0.29, 0.717) is 30.0 Å². The monoisotopic (exact) mass is 345 g/mol. The molecule has 0 saturated heterocycles. The number of hydrogen-bond acceptors (Lipinski definition) is 4. The fourth-order valence-electron chi connectivity index (χ4n) is 2.35. The van der Waals surface area contributed by atoms with Crippen molar-refractivity contribution < 1.29 is 19.4 Å². The summed E-state index contributed by atoms with van der Waals surface area (Å²) in [5.74, 6) is -0.249. The molecule has 1 aromatic carbocycles. The minimum absolute atomic E-state index is 0.0808.